The van der Waals surface area contributed by atoms with Crippen molar-refractivity contribution in [3.05, 3.63) is 64.4 Å². The Kier molecular flexibility index (Phi) is 5.10. The van der Waals surface area contributed by atoms with Gasteiger partial charge in [-0.25, -0.2) is 0 Å². The molecule has 1 aromatic carbocycles. The van der Waals surface area contributed by atoms with Gasteiger partial charge < -0.3 is 10.0 Å². The Bertz CT molecular complexity index is 854. The molecule has 1 N–H and O–H groups in total. The number of halogens is 4. The molecule has 3 rings (SSSR count). The Morgan fingerprint density at radius 1 is 1.11 bits per heavy atom. The zero-order valence-corrected chi connectivity index (χ0v) is 14.5. The minimum absolute atomic E-state index is 0.0242. The quantitative estimate of drug-likeness (QED) is 0.856. The first-order valence-corrected chi connectivity index (χ1v) is 8.35. The first-order valence-electron chi connectivity index (χ1n) is 7.97. The number of aliphatic carboxylic acids is 1. The number of benzene rings is 1. The Labute approximate surface area is 157 Å². The van der Waals surface area contributed by atoms with Crippen molar-refractivity contribution in [1.29, 1.82) is 0 Å². The fourth-order valence-corrected chi connectivity index (χ4v) is 3.26. The lowest BCUT2D eigenvalue weighted by atomic mass is 9.89. The van der Waals surface area contributed by atoms with Crippen LogP contribution in [0.4, 0.5) is 13.2 Å². The zero-order chi connectivity index (χ0) is 19.8. The molecule has 27 heavy (non-hydrogen) atoms. The number of hydrogen-bond donors (Lipinski definition) is 1. The molecular formula is C18H14ClF3N2O3. The van der Waals surface area contributed by atoms with Crippen LogP contribution in [0, 0.1) is 5.92 Å². The lowest BCUT2D eigenvalue weighted by Crippen LogP contribution is -2.30. The average molecular weight is 399 g/mol. The second-order valence-electron chi connectivity index (χ2n) is 6.24. The molecule has 5 nitrogen and oxygen atoms in total. The Balaban J connectivity index is 1.81. The van der Waals surface area contributed by atoms with Crippen molar-refractivity contribution in [2.45, 2.75) is 12.1 Å². The maximum absolute atomic E-state index is 12.6. The van der Waals surface area contributed by atoms with Crippen molar-refractivity contribution in [3.8, 4) is 0 Å². The van der Waals surface area contributed by atoms with Gasteiger partial charge in [0.15, 0.2) is 0 Å². The van der Waals surface area contributed by atoms with Gasteiger partial charge >= 0.3 is 12.1 Å². The van der Waals surface area contributed by atoms with Gasteiger partial charge in [-0.2, -0.15) is 13.2 Å². The van der Waals surface area contributed by atoms with Gasteiger partial charge in [0, 0.05) is 30.2 Å². The number of amides is 1. The standard InChI is InChI=1S/C18H14ClF3N2O3/c19-12-4-1-10(2-5-12)13-8-24(9-14(13)17(26)27)16(25)11-3-6-15(23-7-11)18(20,21)22/h1-7,13-14H,8-9H2,(H,26,27)/t13-,14+/m0/s1. The van der Waals surface area contributed by atoms with Crippen LogP contribution >= 0.6 is 11.6 Å². The molecule has 2 heterocycles. The number of pyridine rings is 1. The molecule has 0 aliphatic carbocycles. The summed E-state index contributed by atoms with van der Waals surface area (Å²) in [5.41, 5.74) is -0.389. The van der Waals surface area contributed by atoms with E-state index in [2.05, 4.69) is 4.98 Å². The van der Waals surface area contributed by atoms with Gasteiger partial charge in [-0.05, 0) is 29.8 Å². The molecule has 1 aromatic heterocycles. The summed E-state index contributed by atoms with van der Waals surface area (Å²) in [6.07, 6.45) is -3.74. The molecule has 1 aliphatic heterocycles. The monoisotopic (exact) mass is 398 g/mol. The zero-order valence-electron chi connectivity index (χ0n) is 13.8. The summed E-state index contributed by atoms with van der Waals surface area (Å²) in [6.45, 7) is 0.0982. The van der Waals surface area contributed by atoms with Crippen LogP contribution in [-0.2, 0) is 11.0 Å². The lowest BCUT2D eigenvalue weighted by Gasteiger charge is -2.17. The van der Waals surface area contributed by atoms with Crippen molar-refractivity contribution in [1.82, 2.24) is 9.88 Å². The largest absolute Gasteiger partial charge is 0.481 e. The number of carbonyl (C=O) groups is 2. The normalized spacial score (nSPS) is 19.9. The van der Waals surface area contributed by atoms with Gasteiger partial charge in [0.05, 0.1) is 11.5 Å². The van der Waals surface area contributed by atoms with Crippen LogP contribution < -0.4 is 0 Å². The van der Waals surface area contributed by atoms with Crippen LogP contribution in [0.2, 0.25) is 5.02 Å². The minimum Gasteiger partial charge on any atom is -0.481 e. The SMILES string of the molecule is O=C(O)[C@@H]1CN(C(=O)c2ccc(C(F)(F)F)nc2)C[C@H]1c1ccc(Cl)cc1. The second kappa shape index (κ2) is 7.19. The first-order chi connectivity index (χ1) is 12.7. The van der Waals surface area contributed by atoms with Crippen LogP contribution in [-0.4, -0.2) is 40.0 Å². The van der Waals surface area contributed by atoms with Crippen molar-refractivity contribution >= 4 is 23.5 Å². The molecule has 2 atom stereocenters. The van der Waals surface area contributed by atoms with Crippen LogP contribution in [0.5, 0.6) is 0 Å². The van der Waals surface area contributed by atoms with Crippen LogP contribution in [0.25, 0.3) is 0 Å². The molecule has 0 spiro atoms. The third-order valence-electron chi connectivity index (χ3n) is 4.52. The van der Waals surface area contributed by atoms with E-state index in [4.69, 9.17) is 11.6 Å². The highest BCUT2D eigenvalue weighted by Crippen LogP contribution is 2.34. The molecule has 0 bridgehead atoms. The van der Waals surface area contributed by atoms with Gasteiger partial charge in [0.1, 0.15) is 5.69 Å². The summed E-state index contributed by atoms with van der Waals surface area (Å²) in [4.78, 5) is 28.8. The summed E-state index contributed by atoms with van der Waals surface area (Å²) in [7, 11) is 0. The second-order valence-corrected chi connectivity index (χ2v) is 6.68. The van der Waals surface area contributed by atoms with Gasteiger partial charge in [-0.3, -0.25) is 14.6 Å². The third-order valence-corrected chi connectivity index (χ3v) is 4.78. The summed E-state index contributed by atoms with van der Waals surface area (Å²) in [6, 6.07) is 8.46. The highest BCUT2D eigenvalue weighted by atomic mass is 35.5. The number of carboxylic acids is 1. The summed E-state index contributed by atoms with van der Waals surface area (Å²) >= 11 is 5.85. The van der Waals surface area contributed by atoms with Crippen LogP contribution in [0.15, 0.2) is 42.6 Å². The molecule has 1 saturated heterocycles. The molecule has 0 radical (unpaired) electrons. The van der Waals surface area contributed by atoms with Crippen molar-refractivity contribution < 1.29 is 27.9 Å². The topological polar surface area (TPSA) is 70.5 Å². The Morgan fingerprint density at radius 2 is 1.78 bits per heavy atom. The number of alkyl halides is 3. The van der Waals surface area contributed by atoms with E-state index in [1.54, 1.807) is 24.3 Å². The third kappa shape index (κ3) is 4.05. The first kappa shape index (κ1) is 19.2. The molecular weight excluding hydrogens is 385 g/mol. The molecule has 0 saturated carbocycles. The number of hydrogen-bond acceptors (Lipinski definition) is 3. The lowest BCUT2D eigenvalue weighted by molar-refractivity contribution is -0.142. The van der Waals surface area contributed by atoms with E-state index in [-0.39, 0.29) is 18.7 Å². The van der Waals surface area contributed by atoms with Crippen molar-refractivity contribution in [3.63, 3.8) is 0 Å². The fraction of sp³-hybridized carbons (Fsp3) is 0.278. The van der Waals surface area contributed by atoms with Crippen LogP contribution in [0.3, 0.4) is 0 Å². The van der Waals surface area contributed by atoms with Crippen molar-refractivity contribution in [2.75, 3.05) is 13.1 Å². The van der Waals surface area contributed by atoms with Gasteiger partial charge in [0.25, 0.3) is 5.91 Å². The maximum Gasteiger partial charge on any atom is 0.433 e. The molecule has 0 unspecified atom stereocenters. The number of aromatic nitrogens is 1. The average Bonchev–Trinajstić information content (AvgIpc) is 3.07. The van der Waals surface area contributed by atoms with E-state index in [0.29, 0.717) is 5.02 Å². The summed E-state index contributed by atoms with van der Waals surface area (Å²) in [5, 5.41) is 10.0. The highest BCUT2D eigenvalue weighted by Gasteiger charge is 2.41. The number of carbonyl (C=O) groups excluding carboxylic acids is 1. The molecule has 1 amide bonds. The Hall–Kier alpha value is -2.61. The van der Waals surface area contributed by atoms with E-state index in [1.807, 2.05) is 0 Å². The van der Waals surface area contributed by atoms with E-state index in [0.717, 1.165) is 23.9 Å². The summed E-state index contributed by atoms with van der Waals surface area (Å²) in [5.74, 6) is -2.86. The van der Waals surface area contributed by atoms with Crippen molar-refractivity contribution in [2.24, 2.45) is 5.92 Å². The van der Waals surface area contributed by atoms with E-state index >= 15 is 0 Å². The number of likely N-dealkylation sites (tertiary alicyclic amines) is 1. The number of rotatable bonds is 3. The molecule has 142 valence electrons. The Morgan fingerprint density at radius 3 is 2.30 bits per heavy atom. The van der Waals surface area contributed by atoms with Gasteiger partial charge in [-0.15, -0.1) is 0 Å². The van der Waals surface area contributed by atoms with Gasteiger partial charge in [-0.1, -0.05) is 23.7 Å². The van der Waals surface area contributed by atoms with E-state index in [9.17, 15) is 27.9 Å². The highest BCUT2D eigenvalue weighted by molar-refractivity contribution is 6.30. The van der Waals surface area contributed by atoms with Crippen LogP contribution in [0.1, 0.15) is 27.5 Å². The number of carboxylic acid groups (broad SMARTS) is 1. The van der Waals surface area contributed by atoms with Gasteiger partial charge in [0.2, 0.25) is 0 Å². The predicted molar refractivity (Wildman–Crippen MR) is 90.5 cm³/mol. The van der Waals surface area contributed by atoms with E-state index < -0.39 is 35.6 Å². The summed E-state index contributed by atoms with van der Waals surface area (Å²) < 4.78 is 37.8. The molecule has 2 aromatic rings. The predicted octanol–water partition coefficient (Wildman–Crippen LogP) is 3.69. The maximum atomic E-state index is 12.6. The molecule has 9 heteroatoms. The number of nitrogens with zero attached hydrogens (tertiary/aromatic N) is 2. The van der Waals surface area contributed by atoms with E-state index in [1.165, 1.54) is 4.90 Å². The fourth-order valence-electron chi connectivity index (χ4n) is 3.14. The molecule has 1 fully saturated rings. The minimum atomic E-state index is -4.59. The smallest absolute Gasteiger partial charge is 0.433 e. The molecule has 1 aliphatic rings.